The summed E-state index contributed by atoms with van der Waals surface area (Å²) in [4.78, 5) is 26.2. The molecule has 1 aliphatic rings. The minimum absolute atomic E-state index is 0.119. The number of esters is 1. The molecule has 2 aromatic rings. The molecule has 9 heteroatoms. The number of carbonyl (C=O) groups is 2. The van der Waals surface area contributed by atoms with E-state index in [-0.39, 0.29) is 29.1 Å². The average Bonchev–Trinajstić information content (AvgIpc) is 2.89. The lowest BCUT2D eigenvalue weighted by molar-refractivity contribution is -0.143. The fourth-order valence-electron chi connectivity index (χ4n) is 3.37. The number of aromatic hydroxyl groups is 1. The first-order valence-corrected chi connectivity index (χ1v) is 10.9. The zero-order valence-corrected chi connectivity index (χ0v) is 18.6. The summed E-state index contributed by atoms with van der Waals surface area (Å²) in [5, 5.41) is 16.6. The van der Waals surface area contributed by atoms with Crippen LogP contribution in [0.1, 0.15) is 38.2 Å². The number of hydrogen-bond acceptors (Lipinski definition) is 5. The van der Waals surface area contributed by atoms with Crippen molar-refractivity contribution < 1.29 is 23.8 Å². The van der Waals surface area contributed by atoms with Crippen molar-refractivity contribution in [2.75, 3.05) is 28.7 Å². The number of anilines is 3. The predicted molar refractivity (Wildman–Crippen MR) is 126 cm³/mol. The summed E-state index contributed by atoms with van der Waals surface area (Å²) in [6.07, 6.45) is 3.19. The number of unbranched alkanes of at least 4 members (excludes halogenated alkanes) is 1. The van der Waals surface area contributed by atoms with Gasteiger partial charge in [-0.3, -0.25) is 9.59 Å². The Bertz CT molecular complexity index is 997. The minimum Gasteiger partial charge on any atom is -0.506 e. The highest BCUT2D eigenvalue weighted by molar-refractivity contribution is 7.80. The molecule has 1 amide bonds. The molecule has 0 radical (unpaired) electrons. The van der Waals surface area contributed by atoms with Crippen LogP contribution in [0.3, 0.4) is 0 Å². The third kappa shape index (κ3) is 6.16. The molecule has 0 aromatic heterocycles. The molecule has 0 fully saturated rings. The third-order valence-corrected chi connectivity index (χ3v) is 5.23. The second kappa shape index (κ2) is 10.9. The molecule has 32 heavy (non-hydrogen) atoms. The lowest BCUT2D eigenvalue weighted by Gasteiger charge is -2.23. The number of phenolic OH excluding ortho intramolecular Hbond substituents is 1. The van der Waals surface area contributed by atoms with Crippen molar-refractivity contribution in [2.45, 2.75) is 39.0 Å². The van der Waals surface area contributed by atoms with Gasteiger partial charge in [-0.25, -0.2) is 4.39 Å². The van der Waals surface area contributed by atoms with Crippen LogP contribution in [0.2, 0.25) is 0 Å². The molecular formula is C23H26FN3O4S. The van der Waals surface area contributed by atoms with Gasteiger partial charge in [0.05, 0.1) is 18.0 Å². The quantitative estimate of drug-likeness (QED) is 0.245. The van der Waals surface area contributed by atoms with Gasteiger partial charge in [0.15, 0.2) is 5.11 Å². The normalized spacial score (nSPS) is 13.2. The van der Waals surface area contributed by atoms with Crippen LogP contribution in [0.4, 0.5) is 21.5 Å². The van der Waals surface area contributed by atoms with Gasteiger partial charge in [0, 0.05) is 18.2 Å². The van der Waals surface area contributed by atoms with E-state index in [4.69, 9.17) is 17.0 Å². The Morgan fingerprint density at radius 2 is 1.97 bits per heavy atom. The Kier molecular flexibility index (Phi) is 7.99. The Hall–Kier alpha value is -3.20. The van der Waals surface area contributed by atoms with Gasteiger partial charge in [-0.05, 0) is 67.4 Å². The second-order valence-electron chi connectivity index (χ2n) is 7.49. The number of nitrogens with one attached hydrogen (secondary N) is 2. The van der Waals surface area contributed by atoms with E-state index in [2.05, 4.69) is 10.6 Å². The Morgan fingerprint density at radius 3 is 2.69 bits per heavy atom. The first kappa shape index (κ1) is 23.5. The molecule has 1 aliphatic heterocycles. The average molecular weight is 460 g/mol. The van der Waals surface area contributed by atoms with E-state index in [0.717, 1.165) is 18.4 Å². The number of ether oxygens (including phenoxy) is 1. The van der Waals surface area contributed by atoms with E-state index in [0.29, 0.717) is 42.9 Å². The smallest absolute Gasteiger partial charge is 0.326 e. The number of thiocarbonyl (C=S) groups is 1. The van der Waals surface area contributed by atoms with Gasteiger partial charge in [-0.2, -0.15) is 0 Å². The molecule has 7 nitrogen and oxygen atoms in total. The lowest BCUT2D eigenvalue weighted by atomic mass is 10.1. The summed E-state index contributed by atoms with van der Waals surface area (Å²) in [6, 6.07) is 8.89. The number of carbonyl (C=O) groups excluding carboxylic acids is 2. The Labute approximate surface area is 191 Å². The van der Waals surface area contributed by atoms with E-state index in [1.807, 2.05) is 6.92 Å². The fraction of sp³-hybridized carbons (Fsp3) is 0.348. The van der Waals surface area contributed by atoms with Crippen molar-refractivity contribution in [1.29, 1.82) is 0 Å². The van der Waals surface area contributed by atoms with Crippen LogP contribution < -0.4 is 15.5 Å². The SMILES string of the molecule is CCCCOC(=O)CN1C(=O)CCCc2cc(NC(=S)Nc3ccc(F)cc3)c(O)cc21. The monoisotopic (exact) mass is 459 g/mol. The number of phenols is 1. The van der Waals surface area contributed by atoms with Crippen LogP contribution in [0.25, 0.3) is 0 Å². The second-order valence-corrected chi connectivity index (χ2v) is 7.90. The van der Waals surface area contributed by atoms with Crippen molar-refractivity contribution in [3.63, 3.8) is 0 Å². The molecular weight excluding hydrogens is 433 g/mol. The van der Waals surface area contributed by atoms with Gasteiger partial charge in [0.25, 0.3) is 0 Å². The maximum atomic E-state index is 13.1. The molecule has 0 saturated carbocycles. The third-order valence-electron chi connectivity index (χ3n) is 5.02. The predicted octanol–water partition coefficient (Wildman–Crippen LogP) is 4.35. The highest BCUT2D eigenvalue weighted by atomic mass is 32.1. The highest BCUT2D eigenvalue weighted by Crippen LogP contribution is 2.36. The van der Waals surface area contributed by atoms with E-state index in [1.165, 1.54) is 23.1 Å². The van der Waals surface area contributed by atoms with Crippen LogP contribution >= 0.6 is 12.2 Å². The largest absolute Gasteiger partial charge is 0.506 e. The van der Waals surface area contributed by atoms with Gasteiger partial charge in [0.2, 0.25) is 5.91 Å². The maximum absolute atomic E-state index is 13.1. The van der Waals surface area contributed by atoms with Gasteiger partial charge in [-0.1, -0.05) is 13.3 Å². The topological polar surface area (TPSA) is 90.9 Å². The number of benzene rings is 2. The van der Waals surface area contributed by atoms with Gasteiger partial charge < -0.3 is 25.4 Å². The van der Waals surface area contributed by atoms with Crippen LogP contribution in [-0.4, -0.2) is 35.2 Å². The van der Waals surface area contributed by atoms with Crippen LogP contribution in [-0.2, 0) is 20.7 Å². The van der Waals surface area contributed by atoms with Crippen molar-refractivity contribution in [1.82, 2.24) is 0 Å². The molecule has 1 heterocycles. The number of rotatable bonds is 7. The van der Waals surface area contributed by atoms with E-state index >= 15 is 0 Å². The molecule has 3 N–H and O–H groups in total. The molecule has 0 spiro atoms. The van der Waals surface area contributed by atoms with Gasteiger partial charge in [0.1, 0.15) is 18.1 Å². The van der Waals surface area contributed by atoms with Crippen molar-refractivity contribution in [2.24, 2.45) is 0 Å². The zero-order chi connectivity index (χ0) is 23.1. The molecule has 170 valence electrons. The first-order chi connectivity index (χ1) is 15.4. The number of fused-ring (bicyclic) bond motifs is 1. The van der Waals surface area contributed by atoms with E-state index < -0.39 is 5.97 Å². The summed E-state index contributed by atoms with van der Waals surface area (Å²) in [7, 11) is 0. The summed E-state index contributed by atoms with van der Waals surface area (Å²) in [6.45, 7) is 2.11. The fourth-order valence-corrected chi connectivity index (χ4v) is 3.60. The highest BCUT2D eigenvalue weighted by Gasteiger charge is 2.26. The van der Waals surface area contributed by atoms with Crippen LogP contribution in [0, 0.1) is 5.82 Å². The van der Waals surface area contributed by atoms with Crippen molar-refractivity contribution >= 4 is 46.3 Å². The van der Waals surface area contributed by atoms with E-state index in [9.17, 15) is 19.1 Å². The van der Waals surface area contributed by atoms with Crippen LogP contribution in [0.15, 0.2) is 36.4 Å². The lowest BCUT2D eigenvalue weighted by Crippen LogP contribution is -2.36. The zero-order valence-electron chi connectivity index (χ0n) is 17.8. The molecule has 0 unspecified atom stereocenters. The molecule has 0 saturated heterocycles. The number of amides is 1. The number of aryl methyl sites for hydroxylation is 1. The van der Waals surface area contributed by atoms with Crippen LogP contribution in [0.5, 0.6) is 5.75 Å². The summed E-state index contributed by atoms with van der Waals surface area (Å²) in [5.41, 5.74) is 2.25. The maximum Gasteiger partial charge on any atom is 0.326 e. The summed E-state index contributed by atoms with van der Waals surface area (Å²) in [5.74, 6) is -1.15. The minimum atomic E-state index is -0.481. The van der Waals surface area contributed by atoms with Gasteiger partial charge >= 0.3 is 5.97 Å². The number of hydrogen-bond donors (Lipinski definition) is 3. The molecule has 0 atom stereocenters. The van der Waals surface area contributed by atoms with Gasteiger partial charge in [-0.15, -0.1) is 0 Å². The Morgan fingerprint density at radius 1 is 1.22 bits per heavy atom. The first-order valence-electron chi connectivity index (χ1n) is 10.5. The Balaban J connectivity index is 1.76. The number of halogens is 1. The molecule has 2 aromatic carbocycles. The summed E-state index contributed by atoms with van der Waals surface area (Å²) >= 11 is 5.29. The molecule has 3 rings (SSSR count). The summed E-state index contributed by atoms with van der Waals surface area (Å²) < 4.78 is 18.3. The van der Waals surface area contributed by atoms with E-state index in [1.54, 1.807) is 18.2 Å². The van der Waals surface area contributed by atoms with Crippen molar-refractivity contribution in [3.8, 4) is 5.75 Å². The van der Waals surface area contributed by atoms with Crippen molar-refractivity contribution in [3.05, 3.63) is 47.8 Å². The standard InChI is InChI=1S/C23H26FN3O4S/c1-2-3-11-31-22(30)14-27-19-13-20(28)18(12-15(19)5-4-6-21(27)29)26-23(32)25-17-9-7-16(24)8-10-17/h7-10,12-13,28H,2-6,11,14H2,1H3,(H2,25,26,32). The molecule has 0 bridgehead atoms. The molecule has 0 aliphatic carbocycles. The number of nitrogens with zero attached hydrogens (tertiary/aromatic N) is 1.